The van der Waals surface area contributed by atoms with E-state index in [0.717, 1.165) is 11.1 Å². The molecule has 0 spiro atoms. The standard InChI is InChI=1S/C21H19NO6/c23-17-8-6-14(7-9-17)10-16(11-19(24)25)20-22-18(13-27-20)21(26)28-12-15-4-2-1-3-5-15/h1-9,13,16,23H,10-12H2,(H,24,25). The maximum Gasteiger partial charge on any atom is 0.360 e. The van der Waals surface area contributed by atoms with Crippen molar-refractivity contribution in [3.63, 3.8) is 0 Å². The fourth-order valence-corrected chi connectivity index (χ4v) is 2.74. The first kappa shape index (κ1) is 19.2. The van der Waals surface area contributed by atoms with Gasteiger partial charge in [0.15, 0.2) is 11.6 Å². The molecule has 0 saturated carbocycles. The van der Waals surface area contributed by atoms with Gasteiger partial charge in [0.05, 0.1) is 12.3 Å². The molecule has 0 radical (unpaired) electrons. The smallest absolute Gasteiger partial charge is 0.360 e. The Morgan fingerprint density at radius 3 is 2.43 bits per heavy atom. The van der Waals surface area contributed by atoms with E-state index in [1.807, 2.05) is 30.3 Å². The zero-order chi connectivity index (χ0) is 19.9. The van der Waals surface area contributed by atoms with Crippen LogP contribution in [0.4, 0.5) is 0 Å². The van der Waals surface area contributed by atoms with Gasteiger partial charge in [-0.3, -0.25) is 4.79 Å². The molecule has 0 aliphatic heterocycles. The van der Waals surface area contributed by atoms with Crippen LogP contribution in [0.3, 0.4) is 0 Å². The third kappa shape index (κ3) is 5.20. The summed E-state index contributed by atoms with van der Waals surface area (Å²) in [6.07, 6.45) is 1.31. The van der Waals surface area contributed by atoms with Gasteiger partial charge in [-0.05, 0) is 29.7 Å². The fraction of sp³-hybridized carbons (Fsp3) is 0.190. The number of rotatable bonds is 8. The Hall–Kier alpha value is -3.61. The molecule has 0 aliphatic carbocycles. The Morgan fingerprint density at radius 1 is 1.04 bits per heavy atom. The Labute approximate surface area is 161 Å². The molecular formula is C21H19NO6. The van der Waals surface area contributed by atoms with Gasteiger partial charge in [-0.15, -0.1) is 0 Å². The maximum atomic E-state index is 12.2. The first-order chi connectivity index (χ1) is 13.5. The summed E-state index contributed by atoms with van der Waals surface area (Å²) in [7, 11) is 0. The Balaban J connectivity index is 1.69. The van der Waals surface area contributed by atoms with E-state index < -0.39 is 17.9 Å². The number of carbonyl (C=O) groups excluding carboxylic acids is 1. The van der Waals surface area contributed by atoms with Crippen LogP contribution in [0.15, 0.2) is 65.3 Å². The molecule has 1 heterocycles. The van der Waals surface area contributed by atoms with E-state index >= 15 is 0 Å². The monoisotopic (exact) mass is 381 g/mol. The van der Waals surface area contributed by atoms with E-state index in [2.05, 4.69) is 4.98 Å². The number of oxazole rings is 1. The molecule has 0 fully saturated rings. The topological polar surface area (TPSA) is 110 Å². The van der Waals surface area contributed by atoms with E-state index in [1.54, 1.807) is 12.1 Å². The number of phenols is 1. The molecule has 3 aromatic rings. The second kappa shape index (κ2) is 8.85. The summed E-state index contributed by atoms with van der Waals surface area (Å²) in [6, 6.07) is 15.7. The molecule has 1 aromatic heterocycles. The van der Waals surface area contributed by atoms with Gasteiger partial charge in [-0.2, -0.15) is 0 Å². The number of esters is 1. The SMILES string of the molecule is O=C(O)CC(Cc1ccc(O)cc1)c1nc(C(=O)OCc2ccccc2)co1. The average molecular weight is 381 g/mol. The van der Waals surface area contributed by atoms with Crippen molar-refractivity contribution in [2.75, 3.05) is 0 Å². The molecular weight excluding hydrogens is 362 g/mol. The molecule has 7 nitrogen and oxygen atoms in total. The lowest BCUT2D eigenvalue weighted by atomic mass is 9.96. The van der Waals surface area contributed by atoms with Crippen molar-refractivity contribution in [3.8, 4) is 5.75 Å². The number of aromatic hydroxyl groups is 1. The van der Waals surface area contributed by atoms with Crippen molar-refractivity contribution in [1.82, 2.24) is 4.98 Å². The first-order valence-corrected chi connectivity index (χ1v) is 8.67. The van der Waals surface area contributed by atoms with E-state index in [-0.39, 0.29) is 30.4 Å². The zero-order valence-electron chi connectivity index (χ0n) is 14.9. The number of hydrogen-bond donors (Lipinski definition) is 2. The van der Waals surface area contributed by atoms with E-state index in [1.165, 1.54) is 18.4 Å². The van der Waals surface area contributed by atoms with Crippen molar-refractivity contribution in [3.05, 3.63) is 83.6 Å². The highest BCUT2D eigenvalue weighted by atomic mass is 16.5. The summed E-state index contributed by atoms with van der Waals surface area (Å²) < 4.78 is 10.6. The molecule has 0 saturated heterocycles. The Kier molecular flexibility index (Phi) is 6.06. The number of aromatic nitrogens is 1. The van der Waals surface area contributed by atoms with Crippen LogP contribution in [0.5, 0.6) is 5.75 Å². The van der Waals surface area contributed by atoms with Gasteiger partial charge in [0.1, 0.15) is 18.6 Å². The van der Waals surface area contributed by atoms with Crippen molar-refractivity contribution in [2.45, 2.75) is 25.4 Å². The lowest BCUT2D eigenvalue weighted by Gasteiger charge is -2.11. The van der Waals surface area contributed by atoms with Crippen LogP contribution in [0.1, 0.15) is 39.8 Å². The van der Waals surface area contributed by atoms with Gasteiger partial charge in [0.25, 0.3) is 0 Å². The van der Waals surface area contributed by atoms with Gasteiger partial charge >= 0.3 is 11.9 Å². The summed E-state index contributed by atoms with van der Waals surface area (Å²) >= 11 is 0. The molecule has 0 bridgehead atoms. The third-order valence-electron chi connectivity index (χ3n) is 4.13. The number of carboxylic acid groups (broad SMARTS) is 1. The number of benzene rings is 2. The van der Waals surface area contributed by atoms with Crippen LogP contribution in [-0.2, 0) is 22.6 Å². The van der Waals surface area contributed by atoms with Crippen LogP contribution in [0.2, 0.25) is 0 Å². The highest BCUT2D eigenvalue weighted by Gasteiger charge is 2.24. The predicted molar refractivity (Wildman–Crippen MR) is 98.9 cm³/mol. The van der Waals surface area contributed by atoms with E-state index in [4.69, 9.17) is 9.15 Å². The number of carboxylic acids is 1. The fourth-order valence-electron chi connectivity index (χ4n) is 2.74. The second-order valence-corrected chi connectivity index (χ2v) is 6.30. The summed E-state index contributed by atoms with van der Waals surface area (Å²) in [4.78, 5) is 27.5. The highest BCUT2D eigenvalue weighted by Crippen LogP contribution is 2.25. The molecule has 3 rings (SSSR count). The molecule has 7 heteroatoms. The third-order valence-corrected chi connectivity index (χ3v) is 4.13. The largest absolute Gasteiger partial charge is 0.508 e. The Morgan fingerprint density at radius 2 is 1.75 bits per heavy atom. The molecule has 0 amide bonds. The Bertz CT molecular complexity index is 933. The molecule has 28 heavy (non-hydrogen) atoms. The molecule has 2 N–H and O–H groups in total. The number of aliphatic carboxylic acids is 1. The van der Waals surface area contributed by atoms with Gasteiger partial charge < -0.3 is 19.4 Å². The second-order valence-electron chi connectivity index (χ2n) is 6.30. The van der Waals surface area contributed by atoms with Crippen LogP contribution in [0, 0.1) is 0 Å². The predicted octanol–water partition coefficient (Wildman–Crippen LogP) is 3.54. The number of ether oxygens (including phenoxy) is 1. The van der Waals surface area contributed by atoms with Crippen molar-refractivity contribution in [1.29, 1.82) is 0 Å². The normalized spacial score (nSPS) is 11.7. The minimum Gasteiger partial charge on any atom is -0.508 e. The summed E-state index contributed by atoms with van der Waals surface area (Å²) in [6.45, 7) is 0.105. The lowest BCUT2D eigenvalue weighted by Crippen LogP contribution is -2.11. The van der Waals surface area contributed by atoms with Crippen molar-refractivity contribution in [2.24, 2.45) is 0 Å². The van der Waals surface area contributed by atoms with Gasteiger partial charge in [0.2, 0.25) is 0 Å². The lowest BCUT2D eigenvalue weighted by molar-refractivity contribution is -0.137. The van der Waals surface area contributed by atoms with Gasteiger partial charge in [-0.25, -0.2) is 9.78 Å². The maximum absolute atomic E-state index is 12.2. The van der Waals surface area contributed by atoms with Gasteiger partial charge in [0, 0.05) is 0 Å². The number of nitrogens with zero attached hydrogens (tertiary/aromatic N) is 1. The molecule has 1 unspecified atom stereocenters. The molecule has 2 aromatic carbocycles. The summed E-state index contributed by atoms with van der Waals surface area (Å²) in [5.41, 5.74) is 1.65. The molecule has 144 valence electrons. The van der Waals surface area contributed by atoms with Crippen molar-refractivity contribution >= 4 is 11.9 Å². The van der Waals surface area contributed by atoms with Crippen LogP contribution in [0.25, 0.3) is 0 Å². The minimum absolute atomic E-state index is 0.00738. The summed E-state index contributed by atoms with van der Waals surface area (Å²) in [5, 5.41) is 18.6. The van der Waals surface area contributed by atoms with E-state index in [0.29, 0.717) is 6.42 Å². The highest BCUT2D eigenvalue weighted by molar-refractivity contribution is 5.86. The average Bonchev–Trinajstić information content (AvgIpc) is 3.18. The van der Waals surface area contributed by atoms with Crippen LogP contribution >= 0.6 is 0 Å². The van der Waals surface area contributed by atoms with Crippen molar-refractivity contribution < 1.29 is 29.0 Å². The summed E-state index contributed by atoms with van der Waals surface area (Å²) in [5.74, 6) is -1.93. The molecule has 1 atom stereocenters. The first-order valence-electron chi connectivity index (χ1n) is 8.67. The van der Waals surface area contributed by atoms with Crippen LogP contribution < -0.4 is 0 Å². The minimum atomic E-state index is -1.00. The number of phenolic OH excluding ortho intramolecular Hbond substituents is 1. The van der Waals surface area contributed by atoms with E-state index in [9.17, 15) is 19.8 Å². The van der Waals surface area contributed by atoms with Gasteiger partial charge in [-0.1, -0.05) is 42.5 Å². The zero-order valence-corrected chi connectivity index (χ0v) is 14.9. The van der Waals surface area contributed by atoms with Crippen LogP contribution in [-0.4, -0.2) is 27.1 Å². The number of carbonyl (C=O) groups is 2. The number of hydrogen-bond acceptors (Lipinski definition) is 6. The quantitative estimate of drug-likeness (QED) is 0.574. The molecule has 0 aliphatic rings.